The maximum Gasteiger partial charge on any atom is 0.192 e. The van der Waals surface area contributed by atoms with Crippen LogP contribution in [0.1, 0.15) is 27.2 Å². The molecule has 0 aromatic rings. The molecule has 0 aromatic heterocycles. The van der Waals surface area contributed by atoms with Gasteiger partial charge in [-0.25, -0.2) is 0 Å². The molecule has 0 N–H and O–H groups in total. The molecular weight excluding hydrogens is 150 g/mol. The molecule has 0 fully saturated rings. The molecule has 0 saturated heterocycles. The SMILES string of the molecule is CCC=[N+](CC)OCC.[Cl-]. The van der Waals surface area contributed by atoms with Crippen LogP contribution < -0.4 is 12.4 Å². The Labute approximate surface area is 69.3 Å². The van der Waals surface area contributed by atoms with Crippen LogP contribution in [-0.4, -0.2) is 24.1 Å². The molecule has 0 unspecified atom stereocenters. The fraction of sp³-hybridized carbons (Fsp3) is 0.857. The fourth-order valence-electron chi connectivity index (χ4n) is 0.643. The van der Waals surface area contributed by atoms with E-state index in [0.29, 0.717) is 0 Å². The van der Waals surface area contributed by atoms with Crippen LogP contribution in [-0.2, 0) is 4.84 Å². The zero-order chi connectivity index (χ0) is 7.11. The topological polar surface area (TPSA) is 12.2 Å². The minimum absolute atomic E-state index is 0. The molecule has 0 aliphatic rings. The second-order valence-corrected chi connectivity index (χ2v) is 1.74. The number of hydrogen-bond donors (Lipinski definition) is 0. The van der Waals surface area contributed by atoms with Gasteiger partial charge in [0.25, 0.3) is 0 Å². The number of hydrogen-bond acceptors (Lipinski definition) is 1. The van der Waals surface area contributed by atoms with E-state index in [1.807, 2.05) is 17.9 Å². The van der Waals surface area contributed by atoms with E-state index in [4.69, 9.17) is 4.84 Å². The third-order valence-electron chi connectivity index (χ3n) is 0.993. The summed E-state index contributed by atoms with van der Waals surface area (Å²) in [5.41, 5.74) is 0. The molecule has 0 radical (unpaired) electrons. The maximum absolute atomic E-state index is 5.21. The van der Waals surface area contributed by atoms with Crippen molar-refractivity contribution in [3.63, 3.8) is 0 Å². The van der Waals surface area contributed by atoms with Gasteiger partial charge in [-0.3, -0.25) is 4.84 Å². The molecule has 0 bridgehead atoms. The van der Waals surface area contributed by atoms with Gasteiger partial charge in [0, 0.05) is 6.42 Å². The average Bonchev–Trinajstić information content (AvgIpc) is 1.88. The van der Waals surface area contributed by atoms with Gasteiger partial charge in [-0.15, -0.1) is 0 Å². The van der Waals surface area contributed by atoms with Gasteiger partial charge in [0.05, 0.1) is 0 Å². The van der Waals surface area contributed by atoms with Gasteiger partial charge in [0.15, 0.2) is 19.4 Å². The Morgan fingerprint density at radius 2 is 1.90 bits per heavy atom. The van der Waals surface area contributed by atoms with Crippen molar-refractivity contribution in [3.05, 3.63) is 0 Å². The standard InChI is InChI=1S/C7H16NO.ClH/c1-4-7-8(5-2)9-6-3;/h7H,4-6H2,1-3H3;1H/q+1;/p-1. The zero-order valence-electron chi connectivity index (χ0n) is 6.93. The predicted octanol–water partition coefficient (Wildman–Crippen LogP) is -1.54. The average molecular weight is 166 g/mol. The van der Waals surface area contributed by atoms with Crippen molar-refractivity contribution in [3.8, 4) is 0 Å². The first-order chi connectivity index (χ1) is 4.35. The Hall–Kier alpha value is -0.240. The van der Waals surface area contributed by atoms with E-state index >= 15 is 0 Å². The third kappa shape index (κ3) is 5.89. The molecular formula is C7H16ClNO. The molecule has 62 valence electrons. The summed E-state index contributed by atoms with van der Waals surface area (Å²) in [6, 6.07) is 0. The van der Waals surface area contributed by atoms with Gasteiger partial charge in [-0.2, -0.15) is 0 Å². The van der Waals surface area contributed by atoms with Crippen molar-refractivity contribution in [2.45, 2.75) is 27.2 Å². The number of halogens is 1. The Kier molecular flexibility index (Phi) is 10.9. The first-order valence-corrected chi connectivity index (χ1v) is 3.58. The lowest BCUT2D eigenvalue weighted by atomic mass is 10.5. The summed E-state index contributed by atoms with van der Waals surface area (Å²) in [5.74, 6) is 0. The van der Waals surface area contributed by atoms with Crippen LogP contribution in [0.4, 0.5) is 0 Å². The van der Waals surface area contributed by atoms with Crippen LogP contribution in [0.2, 0.25) is 0 Å². The van der Waals surface area contributed by atoms with Gasteiger partial charge in [0.2, 0.25) is 0 Å². The van der Waals surface area contributed by atoms with Crippen molar-refractivity contribution in [1.29, 1.82) is 0 Å². The van der Waals surface area contributed by atoms with Crippen LogP contribution in [0.15, 0.2) is 0 Å². The quantitative estimate of drug-likeness (QED) is 0.279. The normalized spacial score (nSPS) is 10.5. The van der Waals surface area contributed by atoms with E-state index in [1.165, 1.54) is 0 Å². The molecule has 0 atom stereocenters. The number of nitrogens with zero attached hydrogens (tertiary/aromatic N) is 1. The van der Waals surface area contributed by atoms with Crippen molar-refractivity contribution in [1.82, 2.24) is 0 Å². The lowest BCUT2D eigenvalue weighted by Crippen LogP contribution is -3.00. The van der Waals surface area contributed by atoms with Crippen LogP contribution in [0.3, 0.4) is 0 Å². The Bertz CT molecular complexity index is 93.6. The van der Waals surface area contributed by atoms with Crippen LogP contribution in [0.25, 0.3) is 0 Å². The second kappa shape index (κ2) is 8.76. The Balaban J connectivity index is 0. The van der Waals surface area contributed by atoms with Crippen molar-refractivity contribution in [2.75, 3.05) is 13.2 Å². The van der Waals surface area contributed by atoms with Gasteiger partial charge in [0.1, 0.15) is 0 Å². The van der Waals surface area contributed by atoms with Crippen LogP contribution in [0.5, 0.6) is 0 Å². The van der Waals surface area contributed by atoms with Crippen LogP contribution in [0, 0.1) is 0 Å². The highest BCUT2D eigenvalue weighted by Crippen LogP contribution is 1.78. The van der Waals surface area contributed by atoms with E-state index < -0.39 is 0 Å². The lowest BCUT2D eigenvalue weighted by molar-refractivity contribution is -0.782. The first kappa shape index (κ1) is 12.4. The number of hydroxylamine groups is 1. The van der Waals surface area contributed by atoms with Gasteiger partial charge >= 0.3 is 0 Å². The molecule has 2 nitrogen and oxygen atoms in total. The molecule has 0 heterocycles. The Morgan fingerprint density at radius 3 is 2.20 bits per heavy atom. The highest BCUT2D eigenvalue weighted by Gasteiger charge is 1.95. The molecule has 3 heteroatoms. The lowest BCUT2D eigenvalue weighted by Gasteiger charge is -1.95. The van der Waals surface area contributed by atoms with Gasteiger partial charge in [-0.1, -0.05) is 6.92 Å². The molecule has 0 aliphatic carbocycles. The largest absolute Gasteiger partial charge is 1.00 e. The van der Waals surface area contributed by atoms with E-state index in [1.54, 1.807) is 0 Å². The summed E-state index contributed by atoms with van der Waals surface area (Å²) >= 11 is 0. The van der Waals surface area contributed by atoms with Crippen molar-refractivity contribution in [2.24, 2.45) is 0 Å². The molecule has 0 amide bonds. The summed E-state index contributed by atoms with van der Waals surface area (Å²) in [6.07, 6.45) is 3.08. The highest BCUT2D eigenvalue weighted by atomic mass is 35.5. The number of rotatable bonds is 4. The van der Waals surface area contributed by atoms with E-state index in [9.17, 15) is 0 Å². The molecule has 0 aromatic carbocycles. The molecule has 0 aliphatic heterocycles. The molecule has 10 heavy (non-hydrogen) atoms. The predicted molar refractivity (Wildman–Crippen MR) is 38.8 cm³/mol. The van der Waals surface area contributed by atoms with Gasteiger partial charge < -0.3 is 12.4 Å². The summed E-state index contributed by atoms with van der Waals surface area (Å²) in [7, 11) is 0. The van der Waals surface area contributed by atoms with Crippen LogP contribution >= 0.6 is 0 Å². The molecule has 0 spiro atoms. The second-order valence-electron chi connectivity index (χ2n) is 1.74. The minimum atomic E-state index is 0. The van der Waals surface area contributed by atoms with Gasteiger partial charge in [-0.05, 0) is 18.6 Å². The highest BCUT2D eigenvalue weighted by molar-refractivity contribution is 5.49. The minimum Gasteiger partial charge on any atom is -1.00 e. The third-order valence-corrected chi connectivity index (χ3v) is 0.993. The van der Waals surface area contributed by atoms with E-state index in [0.717, 1.165) is 19.6 Å². The smallest absolute Gasteiger partial charge is 0.192 e. The molecule has 0 saturated carbocycles. The summed E-state index contributed by atoms with van der Waals surface area (Å²) < 4.78 is 1.86. The summed E-state index contributed by atoms with van der Waals surface area (Å²) in [4.78, 5) is 5.21. The van der Waals surface area contributed by atoms with Crippen molar-refractivity contribution < 1.29 is 22.0 Å². The van der Waals surface area contributed by atoms with Crippen molar-refractivity contribution >= 4 is 6.21 Å². The van der Waals surface area contributed by atoms with E-state index in [-0.39, 0.29) is 12.4 Å². The first-order valence-electron chi connectivity index (χ1n) is 3.58. The van der Waals surface area contributed by atoms with E-state index in [2.05, 4.69) is 13.8 Å². The zero-order valence-corrected chi connectivity index (χ0v) is 7.69. The molecule has 0 rings (SSSR count). The summed E-state index contributed by atoms with van der Waals surface area (Å²) in [6.45, 7) is 7.85. The monoisotopic (exact) mass is 165 g/mol. The Morgan fingerprint density at radius 1 is 1.30 bits per heavy atom. The maximum atomic E-state index is 5.21. The summed E-state index contributed by atoms with van der Waals surface area (Å²) in [5, 5.41) is 0. The fourth-order valence-corrected chi connectivity index (χ4v) is 0.643.